The van der Waals surface area contributed by atoms with Gasteiger partial charge in [0.1, 0.15) is 0 Å². The van der Waals surface area contributed by atoms with Crippen molar-refractivity contribution in [1.29, 1.82) is 0 Å². The molecule has 3 rings (SSSR count). The van der Waals surface area contributed by atoms with Gasteiger partial charge in [0.05, 0.1) is 17.3 Å². The predicted molar refractivity (Wildman–Crippen MR) is 99.9 cm³/mol. The Hall–Kier alpha value is -1.58. The Balaban J connectivity index is 1.60. The fourth-order valence-corrected chi connectivity index (χ4v) is 5.35. The van der Waals surface area contributed by atoms with E-state index in [1.54, 1.807) is 29.2 Å². The van der Waals surface area contributed by atoms with Crippen molar-refractivity contribution in [2.45, 2.75) is 24.6 Å². The number of thioether (sulfide) groups is 1. The molecule has 0 unspecified atom stereocenters. The molecule has 1 atom stereocenters. The van der Waals surface area contributed by atoms with Gasteiger partial charge in [-0.2, -0.15) is 0 Å². The highest BCUT2D eigenvalue weighted by atomic mass is 35.5. The number of halogens is 1. The summed E-state index contributed by atoms with van der Waals surface area (Å²) >= 11 is 7.00. The standard InChI is InChI=1S/C16H18ClN3O4S2/c1-2-20(13-7-8-26(22,23)10-13)14(21)9-25-16-19-18-15(24-16)11-3-5-12(17)6-4-11/h3-6,13H,2,7-10H2,1H3/t13-/m1/s1. The Labute approximate surface area is 161 Å². The average Bonchev–Trinajstić information content (AvgIpc) is 3.21. The fourth-order valence-electron chi connectivity index (χ4n) is 2.84. The minimum Gasteiger partial charge on any atom is -0.411 e. The van der Waals surface area contributed by atoms with Crippen molar-refractivity contribution in [3.63, 3.8) is 0 Å². The third kappa shape index (κ3) is 4.57. The number of hydrogen-bond donors (Lipinski definition) is 0. The molecule has 1 fully saturated rings. The second-order valence-electron chi connectivity index (χ2n) is 5.91. The van der Waals surface area contributed by atoms with Crippen molar-refractivity contribution < 1.29 is 17.6 Å². The zero-order valence-electron chi connectivity index (χ0n) is 14.1. The molecule has 1 aromatic heterocycles. The number of sulfone groups is 1. The van der Waals surface area contributed by atoms with Gasteiger partial charge in [0, 0.05) is 23.2 Å². The van der Waals surface area contributed by atoms with Crippen LogP contribution in [0.3, 0.4) is 0 Å². The van der Waals surface area contributed by atoms with Crippen LogP contribution in [0.5, 0.6) is 0 Å². The first-order chi connectivity index (χ1) is 12.4. The summed E-state index contributed by atoms with van der Waals surface area (Å²) in [5.41, 5.74) is 0.742. The molecule has 0 saturated carbocycles. The number of amides is 1. The average molecular weight is 416 g/mol. The molecule has 1 aliphatic rings. The molecule has 0 N–H and O–H groups in total. The molecule has 0 radical (unpaired) electrons. The molecule has 1 amide bonds. The van der Waals surface area contributed by atoms with Crippen molar-refractivity contribution in [3.8, 4) is 11.5 Å². The van der Waals surface area contributed by atoms with Crippen molar-refractivity contribution in [2.24, 2.45) is 0 Å². The third-order valence-corrected chi connectivity index (χ3v) is 6.93. The highest BCUT2D eigenvalue weighted by Crippen LogP contribution is 2.25. The number of carbonyl (C=O) groups is 1. The fraction of sp³-hybridized carbons (Fsp3) is 0.438. The normalized spacial score (nSPS) is 18.8. The Morgan fingerprint density at radius 3 is 2.69 bits per heavy atom. The van der Waals surface area contributed by atoms with Gasteiger partial charge < -0.3 is 9.32 Å². The van der Waals surface area contributed by atoms with Gasteiger partial charge in [-0.15, -0.1) is 10.2 Å². The zero-order valence-corrected chi connectivity index (χ0v) is 16.5. The quantitative estimate of drug-likeness (QED) is 0.669. The van der Waals surface area contributed by atoms with Crippen LogP contribution >= 0.6 is 23.4 Å². The molecule has 0 aliphatic carbocycles. The van der Waals surface area contributed by atoms with Crippen molar-refractivity contribution in [2.75, 3.05) is 23.8 Å². The molecule has 1 aliphatic heterocycles. The summed E-state index contributed by atoms with van der Waals surface area (Å²) in [4.78, 5) is 14.1. The lowest BCUT2D eigenvalue weighted by Gasteiger charge is -2.26. The van der Waals surface area contributed by atoms with Gasteiger partial charge in [-0.1, -0.05) is 23.4 Å². The van der Waals surface area contributed by atoms with Crippen LogP contribution in [-0.2, 0) is 14.6 Å². The van der Waals surface area contributed by atoms with Gasteiger partial charge in [-0.05, 0) is 37.6 Å². The molecule has 1 saturated heterocycles. The lowest BCUT2D eigenvalue weighted by molar-refractivity contribution is -0.129. The van der Waals surface area contributed by atoms with Crippen LogP contribution in [0.4, 0.5) is 0 Å². The maximum absolute atomic E-state index is 12.5. The monoisotopic (exact) mass is 415 g/mol. The van der Waals surface area contributed by atoms with Crippen molar-refractivity contribution in [3.05, 3.63) is 29.3 Å². The van der Waals surface area contributed by atoms with E-state index in [0.717, 1.165) is 17.3 Å². The summed E-state index contributed by atoms with van der Waals surface area (Å²) < 4.78 is 28.8. The summed E-state index contributed by atoms with van der Waals surface area (Å²) in [6, 6.07) is 6.76. The lowest BCUT2D eigenvalue weighted by Crippen LogP contribution is -2.41. The molecule has 26 heavy (non-hydrogen) atoms. The first kappa shape index (κ1) is 19.2. The van der Waals surface area contributed by atoms with E-state index in [1.165, 1.54) is 0 Å². The minimum atomic E-state index is -3.03. The minimum absolute atomic E-state index is 0.0402. The Kier molecular flexibility index (Phi) is 5.89. The second-order valence-corrected chi connectivity index (χ2v) is 9.50. The number of benzene rings is 1. The highest BCUT2D eigenvalue weighted by molar-refractivity contribution is 7.99. The van der Waals surface area contributed by atoms with Crippen LogP contribution in [0, 0.1) is 0 Å². The first-order valence-corrected chi connectivity index (χ1v) is 11.3. The van der Waals surface area contributed by atoms with Gasteiger partial charge in [0.2, 0.25) is 11.8 Å². The number of rotatable bonds is 6. The molecule has 0 spiro atoms. The lowest BCUT2D eigenvalue weighted by atomic mass is 10.2. The third-order valence-electron chi connectivity index (χ3n) is 4.13. The highest BCUT2D eigenvalue weighted by Gasteiger charge is 2.33. The summed E-state index contributed by atoms with van der Waals surface area (Å²) in [6.45, 7) is 2.32. The summed E-state index contributed by atoms with van der Waals surface area (Å²) in [7, 11) is -3.03. The van der Waals surface area contributed by atoms with Crippen LogP contribution in [0.2, 0.25) is 5.02 Å². The largest absolute Gasteiger partial charge is 0.411 e. The van der Waals surface area contributed by atoms with E-state index in [-0.39, 0.29) is 29.2 Å². The van der Waals surface area contributed by atoms with Gasteiger partial charge in [-0.25, -0.2) is 8.42 Å². The van der Waals surface area contributed by atoms with E-state index in [9.17, 15) is 13.2 Å². The van der Waals surface area contributed by atoms with E-state index in [0.29, 0.717) is 29.1 Å². The molecule has 7 nitrogen and oxygen atoms in total. The van der Waals surface area contributed by atoms with E-state index >= 15 is 0 Å². The van der Waals surface area contributed by atoms with Gasteiger partial charge in [0.15, 0.2) is 9.84 Å². The Morgan fingerprint density at radius 2 is 2.08 bits per heavy atom. The summed E-state index contributed by atoms with van der Waals surface area (Å²) in [5.74, 6) is 0.519. The topological polar surface area (TPSA) is 93.4 Å². The van der Waals surface area contributed by atoms with Crippen LogP contribution in [-0.4, -0.2) is 59.3 Å². The summed E-state index contributed by atoms with van der Waals surface area (Å²) in [5, 5.41) is 8.81. The van der Waals surface area contributed by atoms with Crippen LogP contribution in [0.25, 0.3) is 11.5 Å². The molecule has 2 heterocycles. The zero-order chi connectivity index (χ0) is 18.7. The van der Waals surface area contributed by atoms with E-state index in [2.05, 4.69) is 10.2 Å². The Morgan fingerprint density at radius 1 is 1.35 bits per heavy atom. The SMILES string of the molecule is CCN(C(=O)CSc1nnc(-c2ccc(Cl)cc2)o1)[C@@H]1CCS(=O)(=O)C1. The molecule has 1 aromatic carbocycles. The molecular weight excluding hydrogens is 398 g/mol. The molecule has 10 heteroatoms. The molecule has 0 bridgehead atoms. The predicted octanol–water partition coefficient (Wildman–Crippen LogP) is 2.52. The van der Waals surface area contributed by atoms with Crippen LogP contribution in [0.1, 0.15) is 13.3 Å². The van der Waals surface area contributed by atoms with Gasteiger partial charge in [-0.3, -0.25) is 4.79 Å². The van der Waals surface area contributed by atoms with E-state index in [1.807, 2.05) is 6.92 Å². The smallest absolute Gasteiger partial charge is 0.277 e. The second kappa shape index (κ2) is 7.98. The molecule has 140 valence electrons. The van der Waals surface area contributed by atoms with E-state index < -0.39 is 9.84 Å². The Bertz CT molecular complexity index is 883. The maximum atomic E-state index is 12.5. The number of hydrogen-bond acceptors (Lipinski definition) is 7. The van der Waals surface area contributed by atoms with Gasteiger partial charge >= 0.3 is 0 Å². The van der Waals surface area contributed by atoms with Crippen molar-refractivity contribution in [1.82, 2.24) is 15.1 Å². The molecule has 2 aromatic rings. The molecular formula is C16H18ClN3O4S2. The van der Waals surface area contributed by atoms with Crippen molar-refractivity contribution >= 4 is 39.1 Å². The maximum Gasteiger partial charge on any atom is 0.277 e. The number of aromatic nitrogens is 2. The summed E-state index contributed by atoms with van der Waals surface area (Å²) in [6.07, 6.45) is 0.494. The van der Waals surface area contributed by atoms with Crippen LogP contribution in [0.15, 0.2) is 33.9 Å². The number of nitrogens with zero attached hydrogens (tertiary/aromatic N) is 3. The van der Waals surface area contributed by atoms with Crippen LogP contribution < -0.4 is 0 Å². The van der Waals surface area contributed by atoms with E-state index in [4.69, 9.17) is 16.0 Å². The first-order valence-electron chi connectivity index (χ1n) is 8.10. The number of carbonyl (C=O) groups excluding carboxylic acids is 1. The van der Waals surface area contributed by atoms with Gasteiger partial charge in [0.25, 0.3) is 5.22 Å².